The van der Waals surface area contributed by atoms with Gasteiger partial charge in [0.05, 0.1) is 27.9 Å². The van der Waals surface area contributed by atoms with E-state index in [2.05, 4.69) is 24.4 Å². The minimum atomic E-state index is -0.0582. The minimum Gasteiger partial charge on any atom is -0.496 e. The molecule has 0 aromatic heterocycles. The molecule has 146 valence electrons. The third-order valence-corrected chi connectivity index (χ3v) is 4.60. The van der Waals surface area contributed by atoms with Crippen molar-refractivity contribution in [2.75, 3.05) is 34.9 Å². The molecule has 6 heteroatoms. The van der Waals surface area contributed by atoms with Gasteiger partial charge in [0.15, 0.2) is 11.5 Å². The van der Waals surface area contributed by atoms with E-state index >= 15 is 0 Å². The van der Waals surface area contributed by atoms with Gasteiger partial charge < -0.3 is 19.5 Å². The Kier molecular flexibility index (Phi) is 7.49. The van der Waals surface area contributed by atoms with Gasteiger partial charge in [-0.3, -0.25) is 9.69 Å². The van der Waals surface area contributed by atoms with Gasteiger partial charge in [-0.2, -0.15) is 0 Å². The minimum absolute atomic E-state index is 0.0582. The maximum absolute atomic E-state index is 12.4. The quantitative estimate of drug-likeness (QED) is 0.733. The molecule has 0 spiro atoms. The summed E-state index contributed by atoms with van der Waals surface area (Å²) in [6.45, 7) is 2.72. The number of benzene rings is 2. The summed E-state index contributed by atoms with van der Waals surface area (Å²) in [7, 11) is 6.67. The van der Waals surface area contributed by atoms with Crippen LogP contribution in [0.1, 0.15) is 24.1 Å². The second-order valence-corrected chi connectivity index (χ2v) is 6.30. The molecule has 0 saturated heterocycles. The zero-order valence-electron chi connectivity index (χ0n) is 16.6. The number of amides is 1. The van der Waals surface area contributed by atoms with Gasteiger partial charge in [0.25, 0.3) is 0 Å². The number of carbonyl (C=O) groups excluding carboxylic acids is 1. The average molecular weight is 372 g/mol. The number of methoxy groups -OCH3 is 3. The predicted molar refractivity (Wildman–Crippen MR) is 105 cm³/mol. The zero-order chi connectivity index (χ0) is 19.8. The second kappa shape index (κ2) is 9.83. The second-order valence-electron chi connectivity index (χ2n) is 6.30. The van der Waals surface area contributed by atoms with E-state index in [0.717, 1.165) is 5.56 Å². The summed E-state index contributed by atoms with van der Waals surface area (Å²) in [5.41, 5.74) is 2.00. The topological polar surface area (TPSA) is 60.0 Å². The summed E-state index contributed by atoms with van der Waals surface area (Å²) >= 11 is 0. The van der Waals surface area contributed by atoms with Gasteiger partial charge in [0, 0.05) is 24.2 Å². The Hall–Kier alpha value is -2.73. The molecule has 0 bridgehead atoms. The molecule has 0 radical (unpaired) electrons. The lowest BCUT2D eigenvalue weighted by atomic mass is 10.1. The van der Waals surface area contributed by atoms with Crippen LogP contribution in [0.2, 0.25) is 0 Å². The van der Waals surface area contributed by atoms with Crippen molar-refractivity contribution >= 4 is 5.91 Å². The maximum atomic E-state index is 12.4. The van der Waals surface area contributed by atoms with Gasteiger partial charge in [-0.25, -0.2) is 0 Å². The van der Waals surface area contributed by atoms with Crippen molar-refractivity contribution in [3.8, 4) is 17.2 Å². The molecule has 6 nitrogen and oxygen atoms in total. The Bertz CT molecular complexity index is 749. The van der Waals surface area contributed by atoms with Gasteiger partial charge in [-0.15, -0.1) is 0 Å². The van der Waals surface area contributed by atoms with Crippen molar-refractivity contribution in [2.45, 2.75) is 19.5 Å². The fraction of sp³-hybridized carbons (Fsp3) is 0.381. The molecular formula is C21H28N2O4. The number of likely N-dealkylation sites (N-methyl/N-ethyl adjacent to an activating group) is 1. The lowest BCUT2D eigenvalue weighted by Crippen LogP contribution is -2.36. The van der Waals surface area contributed by atoms with Crippen molar-refractivity contribution in [3.05, 3.63) is 53.6 Å². The van der Waals surface area contributed by atoms with Crippen LogP contribution in [0, 0.1) is 0 Å². The monoisotopic (exact) mass is 372 g/mol. The van der Waals surface area contributed by atoms with Crippen molar-refractivity contribution in [1.82, 2.24) is 10.2 Å². The Morgan fingerprint density at radius 1 is 1.00 bits per heavy atom. The van der Waals surface area contributed by atoms with Crippen LogP contribution >= 0.6 is 0 Å². The lowest BCUT2D eigenvalue weighted by molar-refractivity contribution is -0.122. The molecule has 1 amide bonds. The van der Waals surface area contributed by atoms with Crippen LogP contribution in [0.25, 0.3) is 0 Å². The Morgan fingerprint density at radius 2 is 1.59 bits per heavy atom. The van der Waals surface area contributed by atoms with E-state index in [1.54, 1.807) is 27.4 Å². The normalized spacial score (nSPS) is 11.8. The highest BCUT2D eigenvalue weighted by molar-refractivity contribution is 5.78. The largest absolute Gasteiger partial charge is 0.496 e. The Morgan fingerprint density at radius 3 is 2.19 bits per heavy atom. The van der Waals surface area contributed by atoms with E-state index in [-0.39, 0.29) is 11.9 Å². The highest BCUT2D eigenvalue weighted by Crippen LogP contribution is 2.34. The lowest BCUT2D eigenvalue weighted by Gasteiger charge is -2.24. The molecule has 1 unspecified atom stereocenters. The number of hydrogen-bond acceptors (Lipinski definition) is 5. The van der Waals surface area contributed by atoms with Crippen LogP contribution in [-0.4, -0.2) is 45.7 Å². The number of rotatable bonds is 9. The van der Waals surface area contributed by atoms with Crippen LogP contribution in [-0.2, 0) is 11.3 Å². The van der Waals surface area contributed by atoms with E-state index in [1.165, 1.54) is 5.56 Å². The molecule has 27 heavy (non-hydrogen) atoms. The molecular weight excluding hydrogens is 344 g/mol. The third kappa shape index (κ3) is 5.37. The van der Waals surface area contributed by atoms with Gasteiger partial charge >= 0.3 is 0 Å². The van der Waals surface area contributed by atoms with Crippen LogP contribution in [0.5, 0.6) is 17.2 Å². The fourth-order valence-corrected chi connectivity index (χ4v) is 2.83. The number of carbonyl (C=O) groups is 1. The van der Waals surface area contributed by atoms with Crippen LogP contribution in [0.4, 0.5) is 0 Å². The van der Waals surface area contributed by atoms with Gasteiger partial charge in [0.2, 0.25) is 5.91 Å². The van der Waals surface area contributed by atoms with Crippen molar-refractivity contribution in [2.24, 2.45) is 0 Å². The first-order valence-electron chi connectivity index (χ1n) is 8.80. The van der Waals surface area contributed by atoms with E-state index in [0.29, 0.717) is 30.3 Å². The fourth-order valence-electron chi connectivity index (χ4n) is 2.83. The molecule has 0 aliphatic rings. The smallest absolute Gasteiger partial charge is 0.234 e. The summed E-state index contributed by atoms with van der Waals surface area (Å²) in [6.07, 6.45) is 0. The van der Waals surface area contributed by atoms with Crippen LogP contribution < -0.4 is 19.5 Å². The molecule has 1 atom stereocenters. The number of nitrogens with one attached hydrogen (secondary N) is 1. The molecule has 0 aliphatic heterocycles. The van der Waals surface area contributed by atoms with Crippen molar-refractivity contribution < 1.29 is 19.0 Å². The summed E-state index contributed by atoms with van der Waals surface area (Å²) in [4.78, 5) is 14.4. The van der Waals surface area contributed by atoms with Crippen molar-refractivity contribution in [1.29, 1.82) is 0 Å². The first kappa shape index (κ1) is 20.6. The predicted octanol–water partition coefficient (Wildman–Crippen LogP) is 3.02. The van der Waals surface area contributed by atoms with Gasteiger partial charge in [-0.05, 0) is 25.6 Å². The van der Waals surface area contributed by atoms with E-state index in [4.69, 9.17) is 14.2 Å². The number of ether oxygens (including phenoxy) is 3. The molecule has 2 aromatic carbocycles. The Balaban J connectivity index is 1.99. The summed E-state index contributed by atoms with van der Waals surface area (Å²) in [6, 6.07) is 13.8. The van der Waals surface area contributed by atoms with Gasteiger partial charge in [-0.1, -0.05) is 30.3 Å². The molecule has 2 aromatic rings. The molecule has 1 N–H and O–H groups in total. The molecule has 0 aliphatic carbocycles. The highest BCUT2D eigenvalue weighted by atomic mass is 16.5. The SMILES string of the molecule is COc1cc(OC)c(OC)cc1CNC(=O)CN(C)C(C)c1ccccc1. The molecule has 0 saturated carbocycles. The summed E-state index contributed by atoms with van der Waals surface area (Å²) < 4.78 is 16.0. The molecule has 2 rings (SSSR count). The molecule has 0 fully saturated rings. The number of hydrogen-bond donors (Lipinski definition) is 1. The van der Waals surface area contributed by atoms with Crippen LogP contribution in [0.15, 0.2) is 42.5 Å². The van der Waals surface area contributed by atoms with E-state index < -0.39 is 0 Å². The molecule has 0 heterocycles. The van der Waals surface area contributed by atoms with Gasteiger partial charge in [0.1, 0.15) is 5.75 Å². The third-order valence-electron chi connectivity index (χ3n) is 4.60. The van der Waals surface area contributed by atoms with E-state index in [9.17, 15) is 4.79 Å². The first-order valence-corrected chi connectivity index (χ1v) is 8.80. The summed E-state index contributed by atoms with van der Waals surface area (Å²) in [5, 5.41) is 2.94. The standard InChI is InChI=1S/C21H28N2O4/c1-15(16-9-7-6-8-10-16)23(2)14-21(24)22-13-17-11-19(26-4)20(27-5)12-18(17)25-3/h6-12,15H,13-14H2,1-5H3,(H,22,24). The van der Waals surface area contributed by atoms with Crippen LogP contribution in [0.3, 0.4) is 0 Å². The zero-order valence-corrected chi connectivity index (χ0v) is 16.6. The Labute approximate surface area is 161 Å². The number of nitrogens with zero attached hydrogens (tertiary/aromatic N) is 1. The first-order chi connectivity index (χ1) is 13.0. The maximum Gasteiger partial charge on any atom is 0.234 e. The average Bonchev–Trinajstić information content (AvgIpc) is 2.71. The highest BCUT2D eigenvalue weighted by Gasteiger charge is 2.16. The van der Waals surface area contributed by atoms with E-state index in [1.807, 2.05) is 36.2 Å². The summed E-state index contributed by atoms with van der Waals surface area (Å²) in [5.74, 6) is 1.76. The van der Waals surface area contributed by atoms with Crippen molar-refractivity contribution in [3.63, 3.8) is 0 Å².